The first-order valence-electron chi connectivity index (χ1n) is 3.77. The van der Waals surface area contributed by atoms with Gasteiger partial charge in [0.1, 0.15) is 5.76 Å². The zero-order chi connectivity index (χ0) is 11.1. The zero-order valence-electron chi connectivity index (χ0n) is 7.79. The highest BCUT2D eigenvalue weighted by molar-refractivity contribution is 6.29. The van der Waals surface area contributed by atoms with Gasteiger partial charge in [-0.3, -0.25) is 0 Å². The fourth-order valence-electron chi connectivity index (χ4n) is 0.578. The van der Waals surface area contributed by atoms with Crippen LogP contribution in [0.1, 0.15) is 6.92 Å². The third-order valence-corrected chi connectivity index (χ3v) is 1.26. The molecule has 5 heteroatoms. The number of aliphatic carboxylic acids is 1. The van der Waals surface area contributed by atoms with Crippen molar-refractivity contribution in [1.82, 2.24) is 0 Å². The molecule has 0 atom stereocenters. The maximum atomic E-state index is 10.2. The van der Waals surface area contributed by atoms with Crippen molar-refractivity contribution in [3.05, 3.63) is 35.2 Å². The number of carboxylic acid groups (broad SMARTS) is 1. The number of carboxylic acids is 1. The van der Waals surface area contributed by atoms with Gasteiger partial charge in [0.25, 0.3) is 0 Å². The van der Waals surface area contributed by atoms with E-state index in [9.17, 15) is 4.79 Å². The standard InChI is InChI=1S/C9H12ClNO3/c1-6(10)3-4-8(7(2)11)14-5-9(12)13/h3-4H,2,5,11H2,1H3,(H,12,13)/b6-3+,8-4+. The van der Waals surface area contributed by atoms with Gasteiger partial charge < -0.3 is 15.6 Å². The first-order valence-corrected chi connectivity index (χ1v) is 4.14. The molecule has 0 rings (SSSR count). The van der Waals surface area contributed by atoms with Gasteiger partial charge in [-0.05, 0) is 19.1 Å². The molecule has 0 unspecified atom stereocenters. The number of halogens is 1. The average molecular weight is 218 g/mol. The molecule has 0 aromatic heterocycles. The minimum atomic E-state index is -1.08. The Morgan fingerprint density at radius 3 is 2.57 bits per heavy atom. The molecule has 0 aliphatic carbocycles. The van der Waals surface area contributed by atoms with E-state index in [-0.39, 0.29) is 11.5 Å². The van der Waals surface area contributed by atoms with Crippen molar-refractivity contribution >= 4 is 17.6 Å². The molecule has 78 valence electrons. The predicted octanol–water partition coefficient (Wildman–Crippen LogP) is 1.59. The molecule has 3 N–H and O–H groups in total. The Hall–Kier alpha value is -1.42. The van der Waals surface area contributed by atoms with E-state index in [4.69, 9.17) is 27.2 Å². The van der Waals surface area contributed by atoms with Crippen LogP contribution in [0.4, 0.5) is 0 Å². The maximum Gasteiger partial charge on any atom is 0.341 e. The fourth-order valence-corrected chi connectivity index (χ4v) is 0.641. The van der Waals surface area contributed by atoms with Crippen LogP contribution in [0.5, 0.6) is 0 Å². The third kappa shape index (κ3) is 6.14. The van der Waals surface area contributed by atoms with Crippen LogP contribution >= 0.6 is 11.6 Å². The van der Waals surface area contributed by atoms with Crippen LogP contribution in [-0.4, -0.2) is 17.7 Å². The van der Waals surface area contributed by atoms with E-state index >= 15 is 0 Å². The summed E-state index contributed by atoms with van der Waals surface area (Å²) in [5, 5.41) is 8.89. The molecular weight excluding hydrogens is 206 g/mol. The minimum absolute atomic E-state index is 0.153. The number of hydrogen-bond acceptors (Lipinski definition) is 3. The highest BCUT2D eigenvalue weighted by Crippen LogP contribution is 2.07. The molecule has 0 amide bonds. The number of nitrogens with two attached hydrogens (primary N) is 1. The summed E-state index contributed by atoms with van der Waals surface area (Å²) in [6, 6.07) is 0. The Bertz CT molecular complexity index is 290. The molecular formula is C9H12ClNO3. The molecule has 0 fully saturated rings. The molecule has 0 aromatic rings. The Morgan fingerprint density at radius 2 is 2.21 bits per heavy atom. The summed E-state index contributed by atoms with van der Waals surface area (Å²) in [7, 11) is 0. The number of allylic oxidation sites excluding steroid dienone is 3. The quantitative estimate of drug-likeness (QED) is 0.542. The third-order valence-electron chi connectivity index (χ3n) is 1.13. The molecule has 0 heterocycles. The molecule has 14 heavy (non-hydrogen) atoms. The van der Waals surface area contributed by atoms with Gasteiger partial charge in [0.15, 0.2) is 6.61 Å². The Morgan fingerprint density at radius 1 is 1.64 bits per heavy atom. The summed E-state index contributed by atoms with van der Waals surface area (Å²) in [5.74, 6) is -0.879. The highest BCUT2D eigenvalue weighted by atomic mass is 35.5. The molecule has 0 aliphatic rings. The number of hydrogen-bond donors (Lipinski definition) is 2. The maximum absolute atomic E-state index is 10.2. The molecule has 0 aliphatic heterocycles. The Kier molecular flexibility index (Phi) is 5.48. The second-order valence-electron chi connectivity index (χ2n) is 2.49. The summed E-state index contributed by atoms with van der Waals surface area (Å²) >= 11 is 5.56. The van der Waals surface area contributed by atoms with Crippen LogP contribution in [0.15, 0.2) is 35.2 Å². The lowest BCUT2D eigenvalue weighted by Gasteiger charge is -2.06. The summed E-state index contributed by atoms with van der Waals surface area (Å²) < 4.78 is 4.85. The van der Waals surface area contributed by atoms with E-state index in [1.807, 2.05) is 0 Å². The van der Waals surface area contributed by atoms with Crippen LogP contribution in [0.25, 0.3) is 0 Å². The van der Waals surface area contributed by atoms with Crippen molar-refractivity contribution in [2.75, 3.05) is 6.61 Å². The van der Waals surface area contributed by atoms with Gasteiger partial charge in [-0.25, -0.2) is 4.79 Å². The second-order valence-corrected chi connectivity index (χ2v) is 3.09. The topological polar surface area (TPSA) is 72.5 Å². The second kappa shape index (κ2) is 6.10. The first kappa shape index (κ1) is 12.6. The smallest absolute Gasteiger partial charge is 0.341 e. The lowest BCUT2D eigenvalue weighted by atomic mass is 10.3. The molecule has 4 nitrogen and oxygen atoms in total. The monoisotopic (exact) mass is 217 g/mol. The number of carbonyl (C=O) groups is 1. The largest absolute Gasteiger partial charge is 0.480 e. The average Bonchev–Trinajstić information content (AvgIpc) is 2.02. The molecule has 0 radical (unpaired) electrons. The zero-order valence-corrected chi connectivity index (χ0v) is 8.54. The van der Waals surface area contributed by atoms with Crippen molar-refractivity contribution in [1.29, 1.82) is 0 Å². The lowest BCUT2D eigenvalue weighted by Crippen LogP contribution is -2.10. The highest BCUT2D eigenvalue weighted by Gasteiger charge is 2.02. The normalized spacial score (nSPS) is 12.4. The van der Waals surface area contributed by atoms with Crippen molar-refractivity contribution in [2.24, 2.45) is 5.73 Å². The van der Waals surface area contributed by atoms with Gasteiger partial charge in [-0.1, -0.05) is 18.2 Å². The first-order chi connectivity index (χ1) is 6.43. The molecule has 0 aromatic carbocycles. The minimum Gasteiger partial charge on any atom is -0.480 e. The van der Waals surface area contributed by atoms with Crippen LogP contribution in [0, 0.1) is 0 Å². The predicted molar refractivity (Wildman–Crippen MR) is 54.6 cm³/mol. The summed E-state index contributed by atoms with van der Waals surface area (Å²) in [4.78, 5) is 10.2. The number of rotatable bonds is 5. The van der Waals surface area contributed by atoms with E-state index in [0.717, 1.165) is 0 Å². The van der Waals surface area contributed by atoms with Gasteiger partial charge in [0, 0.05) is 5.03 Å². The Labute approximate surface area is 87.3 Å². The summed E-state index contributed by atoms with van der Waals surface area (Å²) in [6.07, 6.45) is 3.00. The SMILES string of the molecule is C=C(N)/C(=C\C=C(/C)Cl)OCC(=O)O. The molecule has 0 saturated heterocycles. The van der Waals surface area contributed by atoms with Gasteiger partial charge in [0.05, 0.1) is 5.70 Å². The van der Waals surface area contributed by atoms with E-state index < -0.39 is 12.6 Å². The molecule has 0 bridgehead atoms. The van der Waals surface area contributed by atoms with E-state index in [2.05, 4.69) is 6.58 Å². The molecule has 0 saturated carbocycles. The van der Waals surface area contributed by atoms with E-state index in [0.29, 0.717) is 5.03 Å². The van der Waals surface area contributed by atoms with Crippen LogP contribution in [0.3, 0.4) is 0 Å². The van der Waals surface area contributed by atoms with E-state index in [1.54, 1.807) is 6.92 Å². The van der Waals surface area contributed by atoms with Gasteiger partial charge in [-0.2, -0.15) is 0 Å². The summed E-state index contributed by atoms with van der Waals surface area (Å²) in [6.45, 7) is 4.64. The van der Waals surface area contributed by atoms with Crippen molar-refractivity contribution in [3.63, 3.8) is 0 Å². The van der Waals surface area contributed by atoms with Crippen molar-refractivity contribution in [3.8, 4) is 0 Å². The summed E-state index contributed by atoms with van der Waals surface area (Å²) in [5.41, 5.74) is 5.51. The van der Waals surface area contributed by atoms with Gasteiger partial charge in [0.2, 0.25) is 0 Å². The Balaban J connectivity index is 4.45. The lowest BCUT2D eigenvalue weighted by molar-refractivity contribution is -0.140. The van der Waals surface area contributed by atoms with Crippen LogP contribution in [0.2, 0.25) is 0 Å². The van der Waals surface area contributed by atoms with E-state index in [1.165, 1.54) is 12.2 Å². The van der Waals surface area contributed by atoms with Crippen molar-refractivity contribution in [2.45, 2.75) is 6.92 Å². The van der Waals surface area contributed by atoms with Crippen LogP contribution < -0.4 is 5.73 Å². The van der Waals surface area contributed by atoms with Crippen LogP contribution in [-0.2, 0) is 9.53 Å². The van der Waals surface area contributed by atoms with Gasteiger partial charge in [-0.15, -0.1) is 0 Å². The fraction of sp³-hybridized carbons (Fsp3) is 0.222. The van der Waals surface area contributed by atoms with Crippen molar-refractivity contribution < 1.29 is 14.6 Å². The molecule has 0 spiro atoms. The number of ether oxygens (including phenoxy) is 1. The van der Waals surface area contributed by atoms with Gasteiger partial charge >= 0.3 is 5.97 Å².